The Morgan fingerprint density at radius 2 is 0.657 bits per heavy atom. The minimum Gasteiger partial charge on any atom is -0.341 e. The first-order chi connectivity index (χ1) is 66.8. The van der Waals surface area contributed by atoms with Gasteiger partial charge >= 0.3 is 0 Å². The van der Waals surface area contributed by atoms with Gasteiger partial charge in [0.2, 0.25) is 0 Å². The normalized spacial score (nSPS) is 14.8. The summed E-state index contributed by atoms with van der Waals surface area (Å²) in [6.45, 7) is 11.0. The minimum atomic E-state index is -0.243. The second-order valence-corrected chi connectivity index (χ2v) is 35.3. The zero-order valence-corrected chi connectivity index (χ0v) is 78.3. The van der Waals surface area contributed by atoms with Crippen molar-refractivity contribution in [2.45, 2.75) is 78.3 Å². The molecule has 137 heavy (non-hydrogen) atoms. The van der Waals surface area contributed by atoms with Crippen LogP contribution in [0.1, 0.15) is 107 Å². The van der Waals surface area contributed by atoms with Crippen molar-refractivity contribution < 1.29 is 24.0 Å². The molecule has 0 spiro atoms. The van der Waals surface area contributed by atoms with Crippen LogP contribution in [0.25, 0.3) is 85.6 Å². The number of pyridine rings is 4. The lowest BCUT2D eigenvalue weighted by molar-refractivity contribution is 0.0625. The van der Waals surface area contributed by atoms with Gasteiger partial charge in [-0.05, 0) is 122 Å². The van der Waals surface area contributed by atoms with Crippen molar-refractivity contribution in [1.82, 2.24) is 191 Å². The Labute approximate surface area is 808 Å². The molecule has 44 nitrogen and oxygen atoms in total. The van der Waals surface area contributed by atoms with E-state index in [2.05, 4.69) is 173 Å². The fourth-order valence-electron chi connectivity index (χ4n) is 16.6. The van der Waals surface area contributed by atoms with E-state index in [0.29, 0.717) is 157 Å². The first-order valence-corrected chi connectivity index (χ1v) is 45.8. The second-order valence-electron chi connectivity index (χ2n) is 31.7. The number of halogens is 5. The topological polar surface area (TPSA) is 458 Å². The summed E-state index contributed by atoms with van der Waals surface area (Å²) >= 11 is 22.0. The molecule has 2 atom stereocenters. The fourth-order valence-corrected chi connectivity index (χ4v) is 17.7. The number of rotatable bonds is 10. The van der Waals surface area contributed by atoms with Crippen molar-refractivity contribution in [3.8, 4) is 57.3 Å². The highest BCUT2D eigenvalue weighted by atomic mass is 79.9. The Kier molecular flexibility index (Phi) is 24.0. The Morgan fingerprint density at radius 3 is 1.03 bits per heavy atom. The molecule has 682 valence electrons. The van der Waals surface area contributed by atoms with Gasteiger partial charge in [-0.1, -0.05) is 47.5 Å². The van der Waals surface area contributed by atoms with E-state index in [1.165, 1.54) is 27.8 Å². The van der Waals surface area contributed by atoms with Gasteiger partial charge in [-0.25, -0.2) is 57.5 Å². The molecule has 5 amide bonds. The second kappa shape index (κ2) is 37.4. The van der Waals surface area contributed by atoms with Gasteiger partial charge in [0, 0.05) is 194 Å². The Hall–Kier alpha value is -16.0. The third-order valence-corrected chi connectivity index (χ3v) is 24.8. The number of carbonyl (C=O) groups excluding carboxylic acids is 5. The van der Waals surface area contributed by atoms with Crippen LogP contribution in [-0.2, 0) is 52.4 Å². The van der Waals surface area contributed by atoms with Crippen LogP contribution in [0.2, 0.25) is 10.0 Å². The molecule has 0 N–H and O–H groups in total. The number of amides is 5. The summed E-state index contributed by atoms with van der Waals surface area (Å²) in [7, 11) is 0. The van der Waals surface area contributed by atoms with Crippen LogP contribution in [0, 0.1) is 0 Å². The van der Waals surface area contributed by atoms with Gasteiger partial charge in [-0.2, -0.15) is 25.5 Å². The van der Waals surface area contributed by atoms with E-state index in [1.54, 1.807) is 150 Å². The van der Waals surface area contributed by atoms with E-state index in [9.17, 15) is 24.0 Å². The lowest BCUT2D eigenvalue weighted by Gasteiger charge is -2.33. The van der Waals surface area contributed by atoms with E-state index >= 15 is 0 Å². The first-order valence-electron chi connectivity index (χ1n) is 42.6. The SMILES string of the molecule is CC1c2nnc(-c3ccccn3)n2CCN1C(=O)c1cc2ncc(Br)cn2n1.CC1c2nnc(-c3ccccn3)n2CCN1C(=O)c1cc2ncc(Cl)cn2n1.O=C(c1cc2ncc(Br)cn2n1)N1CCn2c(ccc2-c2cncnc2)C1.O=C(c1cc2ncc(Br)cn2n1)N1CCn2c(nnc2-c2ccccn2)C1.O=C(c1cc2ncc(Cl)cn2n1)N1CCn2c(nnc2-c2ccccn2)C1. The number of hydrogen-bond donors (Lipinski definition) is 0. The molecule has 0 aliphatic carbocycles. The van der Waals surface area contributed by atoms with Crippen LogP contribution < -0.4 is 0 Å². The van der Waals surface area contributed by atoms with Crippen LogP contribution >= 0.6 is 71.0 Å². The lowest BCUT2D eigenvalue weighted by Crippen LogP contribution is -2.41. The number of fused-ring (bicyclic) bond motifs is 10. The van der Waals surface area contributed by atoms with Gasteiger partial charge in [-0.3, -0.25) is 43.9 Å². The van der Waals surface area contributed by atoms with Crippen molar-refractivity contribution in [3.05, 3.63) is 302 Å². The maximum Gasteiger partial charge on any atom is 0.275 e. The van der Waals surface area contributed by atoms with Gasteiger partial charge in [0.15, 0.2) is 103 Å². The molecule has 0 saturated carbocycles. The lowest BCUT2D eigenvalue weighted by atomic mass is 10.2. The third-order valence-electron chi connectivity index (χ3n) is 23.2. The molecule has 0 fully saturated rings. The van der Waals surface area contributed by atoms with Gasteiger partial charge in [-0.15, -0.1) is 40.8 Å². The van der Waals surface area contributed by atoms with Gasteiger partial charge in [0.25, 0.3) is 29.5 Å². The number of carbonyl (C=O) groups is 5. The summed E-state index contributed by atoms with van der Waals surface area (Å²) < 4.78 is 20.5. The monoisotopic (exact) mass is 2060 g/mol. The molecule has 0 saturated heterocycles. The minimum absolute atomic E-state index is 0.0892. The molecule has 0 aromatic carbocycles. The van der Waals surface area contributed by atoms with E-state index in [1.807, 2.05) is 122 Å². The van der Waals surface area contributed by atoms with Gasteiger partial charge in [0.1, 0.15) is 29.1 Å². The van der Waals surface area contributed by atoms with Crippen LogP contribution in [0.15, 0.2) is 234 Å². The molecule has 5 aliphatic heterocycles. The summed E-state index contributed by atoms with van der Waals surface area (Å²) in [5.41, 5.74) is 11.0. The number of hydrogen-bond acceptors (Lipinski definition) is 29. The summed E-state index contributed by atoms with van der Waals surface area (Å²) in [4.78, 5) is 120. The highest BCUT2D eigenvalue weighted by Gasteiger charge is 2.38. The maximum atomic E-state index is 13.1. The smallest absolute Gasteiger partial charge is 0.275 e. The highest BCUT2D eigenvalue weighted by Crippen LogP contribution is 2.34. The summed E-state index contributed by atoms with van der Waals surface area (Å²) in [5, 5.41) is 56.8. The molecule has 25 rings (SSSR count). The number of nitrogens with zero attached hydrogens (tertiary/aromatic N) is 39. The fraction of sp³-hybridized carbons (Fsp3) is 0.193. The number of aromatic nitrogens is 34. The third kappa shape index (κ3) is 17.7. The molecule has 5 aliphatic rings. The van der Waals surface area contributed by atoms with Gasteiger partial charge in [0.05, 0.1) is 73.3 Å². The van der Waals surface area contributed by atoms with E-state index in [0.717, 1.165) is 94.6 Å². The van der Waals surface area contributed by atoms with Crippen LogP contribution in [0.5, 0.6) is 0 Å². The van der Waals surface area contributed by atoms with Crippen molar-refractivity contribution in [3.63, 3.8) is 0 Å². The van der Waals surface area contributed by atoms with Crippen molar-refractivity contribution >= 4 is 129 Å². The predicted octanol–water partition coefficient (Wildman–Crippen LogP) is 10.5. The van der Waals surface area contributed by atoms with Crippen LogP contribution in [-0.4, -0.2) is 253 Å². The van der Waals surface area contributed by atoms with E-state index in [4.69, 9.17) is 23.2 Å². The molecule has 0 bridgehead atoms. The maximum absolute atomic E-state index is 13.1. The van der Waals surface area contributed by atoms with Crippen molar-refractivity contribution in [2.75, 3.05) is 32.7 Å². The van der Waals surface area contributed by atoms with E-state index < -0.39 is 0 Å². The van der Waals surface area contributed by atoms with Crippen LogP contribution in [0.4, 0.5) is 0 Å². The molecule has 20 aromatic rings. The molecule has 20 aromatic heterocycles. The zero-order valence-electron chi connectivity index (χ0n) is 72.0. The Balaban J connectivity index is 0.000000102. The van der Waals surface area contributed by atoms with Crippen molar-refractivity contribution in [1.29, 1.82) is 0 Å². The standard InChI is InChI=1S/C18H15BrN8O.C18H14BrN7O.C18H15ClN8O.C17H13BrN8O.C17H13ClN8O/c1-11-16-22-23-17(13-4-2-3-5-20-13)26(16)7-6-25(11)18(28)14-8-15-21-9-12(19)10-27(15)24-14;19-13-8-22-17-5-15(23-26(17)9-13)18(27)24-3-4-25-14(10-24)1-2-16(25)12-6-20-11-21-7-12;1-11-16-22-23-17(13-4-2-3-5-20-13)26(16)7-6-25(11)18(28)14-8-15-21-9-12(19)10-27(15)24-14;2*18-11-8-20-14-7-13(23-26(14)9-11)17(27)24-5-6-25-15(10-24)21-22-16(25)12-3-1-2-4-19-12/h2-5,8-11H,6-7H2,1H3;1-2,5-9,11H,3-4,10H2;2-5,8-11H,6-7H2,1H3;2*1-4,7-9H,5-6,10H2. The highest BCUT2D eigenvalue weighted by molar-refractivity contribution is 9.11. The molecule has 25 heterocycles. The Morgan fingerprint density at radius 1 is 0.328 bits per heavy atom. The average molecular weight is 2060 g/mol. The van der Waals surface area contributed by atoms with Gasteiger partial charge < -0.3 is 47.3 Å². The molecule has 2 unspecified atom stereocenters. The summed E-state index contributed by atoms with van der Waals surface area (Å²) in [6, 6.07) is 34.7. The zero-order chi connectivity index (χ0) is 93.6. The molecule has 0 radical (unpaired) electrons. The summed E-state index contributed by atoms with van der Waals surface area (Å²) in [5.74, 6) is 5.05. The van der Waals surface area contributed by atoms with E-state index in [-0.39, 0.29) is 41.6 Å². The quantitative estimate of drug-likeness (QED) is 0.123. The molecular formula is C88H70Br3Cl2N39O5. The molecule has 49 heteroatoms. The first kappa shape index (κ1) is 87.6. The molecular weight excluding hydrogens is 1990 g/mol. The largest absolute Gasteiger partial charge is 0.341 e. The predicted molar refractivity (Wildman–Crippen MR) is 500 cm³/mol. The Bertz CT molecular complexity index is 7360. The van der Waals surface area contributed by atoms with Crippen LogP contribution in [0.3, 0.4) is 0 Å². The average Bonchev–Trinajstić information content (AvgIpc) is 1.62. The summed E-state index contributed by atoms with van der Waals surface area (Å²) in [6.07, 6.45) is 28.7. The van der Waals surface area contributed by atoms with Crippen molar-refractivity contribution in [2.24, 2.45) is 0 Å².